The highest BCUT2D eigenvalue weighted by Gasteiger charge is 2.19. The molecule has 1 atom stereocenters. The number of methoxy groups -OCH3 is 1. The highest BCUT2D eigenvalue weighted by atomic mass is 35.5. The number of fused-ring (bicyclic) bond motifs is 1. The van der Waals surface area contributed by atoms with E-state index >= 15 is 0 Å². The van der Waals surface area contributed by atoms with E-state index in [-0.39, 0.29) is 11.9 Å². The molecule has 1 amide bonds. The zero-order valence-electron chi connectivity index (χ0n) is 11.2. The lowest BCUT2D eigenvalue weighted by Gasteiger charge is -2.15. The van der Waals surface area contributed by atoms with Crippen molar-refractivity contribution in [3.8, 4) is 0 Å². The predicted octanol–water partition coefficient (Wildman–Crippen LogP) is 3.00. The van der Waals surface area contributed by atoms with Gasteiger partial charge in [0.05, 0.1) is 17.5 Å². The first kappa shape index (κ1) is 14.8. The van der Waals surface area contributed by atoms with Crippen LogP contribution in [-0.2, 0) is 17.6 Å². The molecule has 1 aliphatic rings. The summed E-state index contributed by atoms with van der Waals surface area (Å²) in [7, 11) is 1.64. The second kappa shape index (κ2) is 7.27. The number of nitrogens with one attached hydrogen (secondary N) is 1. The molecular formula is C14H20ClNO2S. The monoisotopic (exact) mass is 301 g/mol. The summed E-state index contributed by atoms with van der Waals surface area (Å²) < 4.78 is 5.10. The molecule has 5 heteroatoms. The van der Waals surface area contributed by atoms with Crippen molar-refractivity contribution in [3.63, 3.8) is 0 Å². The van der Waals surface area contributed by atoms with Crippen LogP contribution in [-0.4, -0.2) is 31.5 Å². The maximum Gasteiger partial charge on any atom is 0.261 e. The third-order valence-corrected chi connectivity index (χ3v) is 4.84. The van der Waals surface area contributed by atoms with Crippen molar-refractivity contribution in [1.82, 2.24) is 5.32 Å². The predicted molar refractivity (Wildman–Crippen MR) is 79.4 cm³/mol. The minimum Gasteiger partial charge on any atom is -0.383 e. The minimum absolute atomic E-state index is 0.00544. The van der Waals surface area contributed by atoms with E-state index in [9.17, 15) is 4.79 Å². The molecule has 1 aromatic rings. The zero-order valence-corrected chi connectivity index (χ0v) is 12.8. The first-order valence-electron chi connectivity index (χ1n) is 6.72. The SMILES string of the molecule is COCC(CCCl)NC(=O)c1cc2c(s1)CCCC2. The molecule has 1 aromatic heterocycles. The van der Waals surface area contributed by atoms with Crippen LogP contribution in [0.1, 0.15) is 39.4 Å². The number of hydrogen-bond acceptors (Lipinski definition) is 3. The number of rotatable bonds is 6. The largest absolute Gasteiger partial charge is 0.383 e. The molecule has 0 saturated carbocycles. The summed E-state index contributed by atoms with van der Waals surface area (Å²) in [6, 6.07) is 2.05. The summed E-state index contributed by atoms with van der Waals surface area (Å²) in [6.07, 6.45) is 5.45. The molecule has 0 aliphatic heterocycles. The van der Waals surface area contributed by atoms with Crippen molar-refractivity contribution in [2.75, 3.05) is 19.6 Å². The third-order valence-electron chi connectivity index (χ3n) is 3.38. The molecular weight excluding hydrogens is 282 g/mol. The topological polar surface area (TPSA) is 38.3 Å². The number of carbonyl (C=O) groups excluding carboxylic acids is 1. The summed E-state index contributed by atoms with van der Waals surface area (Å²) in [6.45, 7) is 0.504. The molecule has 0 fully saturated rings. The van der Waals surface area contributed by atoms with Crippen LogP contribution in [0.15, 0.2) is 6.07 Å². The Morgan fingerprint density at radius 2 is 2.32 bits per heavy atom. The number of ether oxygens (including phenoxy) is 1. The molecule has 0 bridgehead atoms. The van der Waals surface area contributed by atoms with E-state index < -0.39 is 0 Å². The van der Waals surface area contributed by atoms with Gasteiger partial charge < -0.3 is 10.1 Å². The highest BCUT2D eigenvalue weighted by molar-refractivity contribution is 7.14. The normalized spacial score (nSPS) is 15.9. The van der Waals surface area contributed by atoms with Crippen molar-refractivity contribution in [2.45, 2.75) is 38.1 Å². The fourth-order valence-electron chi connectivity index (χ4n) is 2.39. The van der Waals surface area contributed by atoms with Crippen LogP contribution in [0.5, 0.6) is 0 Å². The quantitative estimate of drug-likeness (QED) is 0.820. The summed E-state index contributed by atoms with van der Waals surface area (Å²) in [5, 5.41) is 3.01. The van der Waals surface area contributed by atoms with Crippen molar-refractivity contribution in [1.29, 1.82) is 0 Å². The average Bonchev–Trinajstić information content (AvgIpc) is 2.83. The molecule has 1 N–H and O–H groups in total. The van der Waals surface area contributed by atoms with E-state index in [1.165, 1.54) is 23.3 Å². The van der Waals surface area contributed by atoms with Crippen LogP contribution in [0.2, 0.25) is 0 Å². The summed E-state index contributed by atoms with van der Waals surface area (Å²) in [4.78, 5) is 14.4. The number of amides is 1. The number of halogens is 1. The minimum atomic E-state index is -0.00544. The molecule has 1 heterocycles. The van der Waals surface area contributed by atoms with Crippen molar-refractivity contribution >= 4 is 28.8 Å². The van der Waals surface area contributed by atoms with Gasteiger partial charge in [0, 0.05) is 17.9 Å². The molecule has 2 rings (SSSR count). The average molecular weight is 302 g/mol. The van der Waals surface area contributed by atoms with Crippen molar-refractivity contribution in [2.24, 2.45) is 0 Å². The Labute approximate surface area is 123 Å². The van der Waals surface area contributed by atoms with Crippen LogP contribution in [0.4, 0.5) is 0 Å². The fourth-order valence-corrected chi connectivity index (χ4v) is 3.81. The van der Waals surface area contributed by atoms with E-state index in [2.05, 4.69) is 11.4 Å². The summed E-state index contributed by atoms with van der Waals surface area (Å²) >= 11 is 7.38. The van der Waals surface area contributed by atoms with E-state index in [0.29, 0.717) is 12.5 Å². The Hall–Kier alpha value is -0.580. The highest BCUT2D eigenvalue weighted by Crippen LogP contribution is 2.29. The lowest BCUT2D eigenvalue weighted by Crippen LogP contribution is -2.38. The van der Waals surface area contributed by atoms with Gasteiger partial charge in [0.1, 0.15) is 0 Å². The van der Waals surface area contributed by atoms with E-state index in [1.54, 1.807) is 18.4 Å². The lowest BCUT2D eigenvalue weighted by atomic mass is 9.99. The van der Waals surface area contributed by atoms with E-state index in [1.807, 2.05) is 0 Å². The summed E-state index contributed by atoms with van der Waals surface area (Å²) in [5.41, 5.74) is 1.36. The molecule has 3 nitrogen and oxygen atoms in total. The number of hydrogen-bond donors (Lipinski definition) is 1. The Morgan fingerprint density at radius 3 is 3.00 bits per heavy atom. The van der Waals surface area contributed by atoms with Crippen LogP contribution >= 0.6 is 22.9 Å². The molecule has 19 heavy (non-hydrogen) atoms. The Kier molecular flexibility index (Phi) is 5.67. The first-order chi connectivity index (χ1) is 9.24. The number of thiophene rings is 1. The number of aryl methyl sites for hydroxylation is 2. The maximum absolute atomic E-state index is 12.2. The summed E-state index contributed by atoms with van der Waals surface area (Å²) in [5.74, 6) is 0.529. The van der Waals surface area contributed by atoms with E-state index in [4.69, 9.17) is 16.3 Å². The first-order valence-corrected chi connectivity index (χ1v) is 8.07. The van der Waals surface area contributed by atoms with Gasteiger partial charge in [-0.15, -0.1) is 22.9 Å². The van der Waals surface area contributed by atoms with Crippen LogP contribution in [0, 0.1) is 0 Å². The van der Waals surface area contributed by atoms with Crippen molar-refractivity contribution in [3.05, 3.63) is 21.4 Å². The van der Waals surface area contributed by atoms with Crippen molar-refractivity contribution < 1.29 is 9.53 Å². The van der Waals surface area contributed by atoms with Gasteiger partial charge in [0.2, 0.25) is 0 Å². The molecule has 0 radical (unpaired) electrons. The van der Waals surface area contributed by atoms with Gasteiger partial charge in [0.15, 0.2) is 0 Å². The van der Waals surface area contributed by atoms with Crippen LogP contribution < -0.4 is 5.32 Å². The molecule has 0 aromatic carbocycles. The second-order valence-corrected chi connectivity index (χ2v) is 6.38. The second-order valence-electron chi connectivity index (χ2n) is 4.87. The molecule has 1 aliphatic carbocycles. The van der Waals surface area contributed by atoms with Crippen LogP contribution in [0.3, 0.4) is 0 Å². The van der Waals surface area contributed by atoms with Gasteiger partial charge in [-0.3, -0.25) is 4.79 Å². The number of carbonyl (C=O) groups is 1. The zero-order chi connectivity index (χ0) is 13.7. The van der Waals surface area contributed by atoms with E-state index in [0.717, 1.165) is 24.1 Å². The molecule has 0 saturated heterocycles. The van der Waals surface area contributed by atoms with Gasteiger partial charge in [0.25, 0.3) is 5.91 Å². The van der Waals surface area contributed by atoms with Gasteiger partial charge in [-0.05, 0) is 43.7 Å². The fraction of sp³-hybridized carbons (Fsp3) is 0.643. The smallest absolute Gasteiger partial charge is 0.261 e. The van der Waals surface area contributed by atoms with Gasteiger partial charge in [-0.1, -0.05) is 0 Å². The number of alkyl halides is 1. The Balaban J connectivity index is 2.00. The molecule has 106 valence electrons. The standard InChI is InChI=1S/C14H20ClNO2S/c1-18-9-11(6-7-15)16-14(17)13-8-10-4-2-3-5-12(10)19-13/h8,11H,2-7,9H2,1H3,(H,16,17). The van der Waals surface area contributed by atoms with Gasteiger partial charge in [-0.25, -0.2) is 0 Å². The Morgan fingerprint density at radius 1 is 1.53 bits per heavy atom. The maximum atomic E-state index is 12.2. The van der Waals surface area contributed by atoms with Gasteiger partial charge in [-0.2, -0.15) is 0 Å². The third kappa shape index (κ3) is 3.94. The lowest BCUT2D eigenvalue weighted by molar-refractivity contribution is 0.0899. The Bertz CT molecular complexity index is 404. The molecule has 0 spiro atoms. The van der Waals surface area contributed by atoms with Crippen LogP contribution in [0.25, 0.3) is 0 Å². The van der Waals surface area contributed by atoms with Gasteiger partial charge >= 0.3 is 0 Å². The molecule has 1 unspecified atom stereocenters.